The average molecular weight is 278 g/mol. The van der Waals surface area contributed by atoms with E-state index in [9.17, 15) is 9.18 Å². The van der Waals surface area contributed by atoms with Gasteiger partial charge in [0.25, 0.3) is 0 Å². The molecule has 20 heavy (non-hydrogen) atoms. The van der Waals surface area contributed by atoms with Crippen molar-refractivity contribution in [3.8, 4) is 0 Å². The zero-order valence-electron chi connectivity index (χ0n) is 12.3. The van der Waals surface area contributed by atoms with E-state index < -0.39 is 0 Å². The van der Waals surface area contributed by atoms with E-state index in [1.54, 1.807) is 12.1 Å². The number of halogens is 1. The molecule has 1 heterocycles. The van der Waals surface area contributed by atoms with Gasteiger partial charge >= 0.3 is 6.03 Å². The first-order chi connectivity index (χ1) is 9.49. The van der Waals surface area contributed by atoms with Crippen LogP contribution in [-0.4, -0.2) is 30.6 Å². The summed E-state index contributed by atoms with van der Waals surface area (Å²) in [5, 5.41) is 3.00. The van der Waals surface area contributed by atoms with Crippen LogP contribution in [0.1, 0.15) is 38.7 Å². The van der Waals surface area contributed by atoms with Gasteiger partial charge in [0, 0.05) is 25.0 Å². The Kier molecular flexibility index (Phi) is 4.63. The maximum Gasteiger partial charge on any atom is 0.317 e. The molecular weight excluding hydrogens is 255 g/mol. The van der Waals surface area contributed by atoms with E-state index >= 15 is 0 Å². The van der Waals surface area contributed by atoms with Crippen LogP contribution in [0.4, 0.5) is 9.18 Å². The maximum absolute atomic E-state index is 13.0. The van der Waals surface area contributed by atoms with Gasteiger partial charge in [0.2, 0.25) is 0 Å². The second-order valence-electron chi connectivity index (χ2n) is 6.10. The van der Waals surface area contributed by atoms with Gasteiger partial charge in [-0.25, -0.2) is 9.18 Å². The molecule has 1 aliphatic heterocycles. The van der Waals surface area contributed by atoms with Crippen LogP contribution in [0, 0.1) is 5.82 Å². The van der Waals surface area contributed by atoms with E-state index in [-0.39, 0.29) is 17.3 Å². The first-order valence-electron chi connectivity index (χ1n) is 7.28. The highest BCUT2D eigenvalue weighted by Crippen LogP contribution is 2.22. The smallest absolute Gasteiger partial charge is 0.317 e. The Morgan fingerprint density at radius 3 is 2.40 bits per heavy atom. The molecule has 1 aromatic carbocycles. The van der Waals surface area contributed by atoms with Crippen molar-refractivity contribution in [1.29, 1.82) is 0 Å². The lowest BCUT2D eigenvalue weighted by atomic mass is 9.84. The standard InChI is InChI=1S/C16H23FN2O/c1-16(2,13-6-8-14(17)9-7-13)12-18-15(20)19-10-4-3-5-11-19/h6-9H,3-5,10-12H2,1-2H3,(H,18,20). The number of urea groups is 1. The molecule has 2 amide bonds. The van der Waals surface area contributed by atoms with Gasteiger partial charge in [-0.3, -0.25) is 0 Å². The van der Waals surface area contributed by atoms with Crippen molar-refractivity contribution in [3.05, 3.63) is 35.6 Å². The van der Waals surface area contributed by atoms with Crippen molar-refractivity contribution >= 4 is 6.03 Å². The van der Waals surface area contributed by atoms with Gasteiger partial charge in [0.15, 0.2) is 0 Å². The third-order valence-electron chi connectivity index (χ3n) is 3.95. The van der Waals surface area contributed by atoms with Crippen molar-refractivity contribution < 1.29 is 9.18 Å². The van der Waals surface area contributed by atoms with E-state index in [1.165, 1.54) is 18.6 Å². The molecule has 1 fully saturated rings. The summed E-state index contributed by atoms with van der Waals surface area (Å²) in [5.41, 5.74) is 0.817. The minimum Gasteiger partial charge on any atom is -0.337 e. The molecule has 4 heteroatoms. The molecule has 1 aromatic rings. The molecule has 0 aliphatic carbocycles. The molecule has 0 saturated carbocycles. The molecule has 1 saturated heterocycles. The van der Waals surface area contributed by atoms with Gasteiger partial charge in [-0.1, -0.05) is 26.0 Å². The summed E-state index contributed by atoms with van der Waals surface area (Å²) in [6.07, 6.45) is 3.40. The molecule has 0 radical (unpaired) electrons. The average Bonchev–Trinajstić information content (AvgIpc) is 2.46. The Balaban J connectivity index is 1.91. The van der Waals surface area contributed by atoms with Crippen LogP contribution in [0.3, 0.4) is 0 Å². The summed E-state index contributed by atoms with van der Waals surface area (Å²) in [4.78, 5) is 14.0. The van der Waals surface area contributed by atoms with E-state index in [0.29, 0.717) is 6.54 Å². The van der Waals surface area contributed by atoms with Crippen LogP contribution in [0.25, 0.3) is 0 Å². The first-order valence-corrected chi connectivity index (χ1v) is 7.28. The molecular formula is C16H23FN2O. The summed E-state index contributed by atoms with van der Waals surface area (Å²) in [5.74, 6) is -0.234. The summed E-state index contributed by atoms with van der Waals surface area (Å²) in [6, 6.07) is 6.50. The van der Waals surface area contributed by atoms with Crippen LogP contribution in [-0.2, 0) is 5.41 Å². The Labute approximate surface area is 120 Å². The van der Waals surface area contributed by atoms with Crippen LogP contribution in [0.15, 0.2) is 24.3 Å². The van der Waals surface area contributed by atoms with Gasteiger partial charge in [-0.15, -0.1) is 0 Å². The number of amides is 2. The second kappa shape index (κ2) is 6.25. The van der Waals surface area contributed by atoms with E-state index in [0.717, 1.165) is 31.5 Å². The van der Waals surface area contributed by atoms with Crippen LogP contribution < -0.4 is 5.32 Å². The molecule has 0 spiro atoms. The van der Waals surface area contributed by atoms with Crippen LogP contribution >= 0.6 is 0 Å². The lowest BCUT2D eigenvalue weighted by Gasteiger charge is -2.30. The fraction of sp³-hybridized carbons (Fsp3) is 0.562. The Hall–Kier alpha value is -1.58. The SMILES string of the molecule is CC(C)(CNC(=O)N1CCCCC1)c1ccc(F)cc1. The van der Waals surface area contributed by atoms with Gasteiger partial charge in [0.05, 0.1) is 0 Å². The molecule has 110 valence electrons. The highest BCUT2D eigenvalue weighted by atomic mass is 19.1. The zero-order valence-corrected chi connectivity index (χ0v) is 12.3. The molecule has 0 bridgehead atoms. The van der Waals surface area contributed by atoms with Crippen molar-refractivity contribution in [2.45, 2.75) is 38.5 Å². The second-order valence-corrected chi connectivity index (χ2v) is 6.10. The zero-order chi connectivity index (χ0) is 14.6. The lowest BCUT2D eigenvalue weighted by molar-refractivity contribution is 0.184. The predicted octanol–water partition coefficient (Wildman–Crippen LogP) is 3.30. The molecule has 0 atom stereocenters. The lowest BCUT2D eigenvalue weighted by Crippen LogP contribution is -2.46. The number of nitrogens with one attached hydrogen (secondary N) is 1. The highest BCUT2D eigenvalue weighted by Gasteiger charge is 2.23. The van der Waals surface area contributed by atoms with Crippen molar-refractivity contribution in [2.24, 2.45) is 0 Å². The van der Waals surface area contributed by atoms with Crippen molar-refractivity contribution in [2.75, 3.05) is 19.6 Å². The number of carbonyl (C=O) groups excluding carboxylic acids is 1. The number of nitrogens with zero attached hydrogens (tertiary/aromatic N) is 1. The molecule has 1 aliphatic rings. The third-order valence-corrected chi connectivity index (χ3v) is 3.95. The van der Waals surface area contributed by atoms with Crippen molar-refractivity contribution in [3.63, 3.8) is 0 Å². The van der Waals surface area contributed by atoms with E-state index in [1.807, 2.05) is 4.90 Å². The van der Waals surface area contributed by atoms with Gasteiger partial charge in [-0.2, -0.15) is 0 Å². The Morgan fingerprint density at radius 1 is 1.20 bits per heavy atom. The number of benzene rings is 1. The Bertz CT molecular complexity index is 450. The monoisotopic (exact) mass is 278 g/mol. The topological polar surface area (TPSA) is 32.3 Å². The number of carbonyl (C=O) groups is 1. The predicted molar refractivity (Wildman–Crippen MR) is 78.2 cm³/mol. The molecule has 2 rings (SSSR count). The number of likely N-dealkylation sites (tertiary alicyclic amines) is 1. The number of rotatable bonds is 3. The third kappa shape index (κ3) is 3.71. The minimum atomic E-state index is -0.234. The molecule has 0 aromatic heterocycles. The molecule has 0 unspecified atom stereocenters. The molecule has 3 nitrogen and oxygen atoms in total. The number of hydrogen-bond donors (Lipinski definition) is 1. The fourth-order valence-electron chi connectivity index (χ4n) is 2.51. The first kappa shape index (κ1) is 14.8. The highest BCUT2D eigenvalue weighted by molar-refractivity contribution is 5.74. The van der Waals surface area contributed by atoms with E-state index in [2.05, 4.69) is 19.2 Å². The summed E-state index contributed by atoms with van der Waals surface area (Å²) < 4.78 is 13.0. The fourth-order valence-corrected chi connectivity index (χ4v) is 2.51. The maximum atomic E-state index is 13.0. The van der Waals surface area contributed by atoms with Crippen molar-refractivity contribution in [1.82, 2.24) is 10.2 Å². The number of piperidine rings is 1. The quantitative estimate of drug-likeness (QED) is 0.904. The van der Waals surface area contributed by atoms with Gasteiger partial charge < -0.3 is 10.2 Å². The normalized spacial score (nSPS) is 16.1. The minimum absolute atomic E-state index is 0.0138. The van der Waals surface area contributed by atoms with Crippen LogP contribution in [0.5, 0.6) is 0 Å². The van der Waals surface area contributed by atoms with E-state index in [4.69, 9.17) is 0 Å². The molecule has 1 N–H and O–H groups in total. The summed E-state index contributed by atoms with van der Waals surface area (Å²) in [7, 11) is 0. The Morgan fingerprint density at radius 2 is 1.80 bits per heavy atom. The van der Waals surface area contributed by atoms with Crippen LogP contribution in [0.2, 0.25) is 0 Å². The largest absolute Gasteiger partial charge is 0.337 e. The van der Waals surface area contributed by atoms with Gasteiger partial charge in [-0.05, 0) is 37.0 Å². The summed E-state index contributed by atoms with van der Waals surface area (Å²) in [6.45, 7) is 6.35. The number of hydrogen-bond acceptors (Lipinski definition) is 1. The van der Waals surface area contributed by atoms with Gasteiger partial charge in [0.1, 0.15) is 5.82 Å². The summed E-state index contributed by atoms with van der Waals surface area (Å²) >= 11 is 0.